The summed E-state index contributed by atoms with van der Waals surface area (Å²) in [6, 6.07) is 14.8. The van der Waals surface area contributed by atoms with Crippen LogP contribution in [0.5, 0.6) is 5.75 Å². The minimum atomic E-state index is -3.86. The maximum Gasteiger partial charge on any atom is 0.243 e. The summed E-state index contributed by atoms with van der Waals surface area (Å²) in [5.41, 5.74) is 0.871. The maximum atomic E-state index is 14.1. The monoisotopic (exact) mass is 593 g/mol. The molecular formula is C32H43N5O4S. The van der Waals surface area contributed by atoms with Gasteiger partial charge < -0.3 is 19.1 Å². The Bertz CT molecular complexity index is 1530. The van der Waals surface area contributed by atoms with Crippen LogP contribution in [-0.2, 0) is 21.4 Å². The van der Waals surface area contributed by atoms with Crippen LogP contribution in [0, 0.1) is 0 Å². The van der Waals surface area contributed by atoms with Crippen LogP contribution >= 0.6 is 0 Å². The first-order chi connectivity index (χ1) is 20.2. The van der Waals surface area contributed by atoms with Crippen molar-refractivity contribution in [3.8, 4) is 5.75 Å². The number of sulfonamides is 1. The average molecular weight is 594 g/mol. The molecule has 2 aromatic carbocycles. The fourth-order valence-corrected chi connectivity index (χ4v) is 8.71. The van der Waals surface area contributed by atoms with Gasteiger partial charge in [0.15, 0.2) is 0 Å². The fraction of sp³-hybridized carbons (Fsp3) is 0.531. The third kappa shape index (κ3) is 5.69. The molecule has 1 amide bonds. The van der Waals surface area contributed by atoms with E-state index in [1.54, 1.807) is 23.5 Å². The van der Waals surface area contributed by atoms with Crippen molar-refractivity contribution >= 4 is 26.7 Å². The van der Waals surface area contributed by atoms with Crippen LogP contribution in [0.15, 0.2) is 59.6 Å². The van der Waals surface area contributed by atoms with Crippen LogP contribution in [-0.4, -0.2) is 104 Å². The van der Waals surface area contributed by atoms with Gasteiger partial charge in [-0.1, -0.05) is 12.1 Å². The predicted octanol–water partition coefficient (Wildman–Crippen LogP) is 3.80. The number of ether oxygens (including phenoxy) is 1. The standard InChI is InChI=1S/C32H43N5O4S/c1-33-14-16-35(17-15-33)27-7-4-6-26(22-27)34(2)32(38)23-31-30-8-5-13-36(30)18-19-37(31)42(39,40)29-12-10-24-20-28(41-3)11-9-25(24)21-29/h5,8-13,20-21,26-27,31H,4,6-7,14-19,22-23H2,1-3H3/t26-,27-,31?/m1/s1. The molecule has 0 radical (unpaired) electrons. The Labute approximate surface area is 249 Å². The van der Waals surface area contributed by atoms with Crippen molar-refractivity contribution in [3.63, 3.8) is 0 Å². The summed E-state index contributed by atoms with van der Waals surface area (Å²) >= 11 is 0. The van der Waals surface area contributed by atoms with Gasteiger partial charge in [-0.2, -0.15) is 4.31 Å². The summed E-state index contributed by atoms with van der Waals surface area (Å²) in [7, 11) is 1.85. The summed E-state index contributed by atoms with van der Waals surface area (Å²) in [4.78, 5) is 21.0. The van der Waals surface area contributed by atoms with Gasteiger partial charge in [0.05, 0.1) is 18.0 Å². The van der Waals surface area contributed by atoms with E-state index >= 15 is 0 Å². The van der Waals surface area contributed by atoms with Gasteiger partial charge in [-0.15, -0.1) is 0 Å². The van der Waals surface area contributed by atoms with Crippen molar-refractivity contribution in [1.82, 2.24) is 23.6 Å². The number of hydrogen-bond donors (Lipinski definition) is 0. The number of hydrogen-bond acceptors (Lipinski definition) is 6. The van der Waals surface area contributed by atoms with Gasteiger partial charge in [0, 0.05) is 76.7 Å². The highest BCUT2D eigenvalue weighted by Gasteiger charge is 2.39. The first kappa shape index (κ1) is 29.2. The molecule has 1 unspecified atom stereocenters. The highest BCUT2D eigenvalue weighted by Crippen LogP contribution is 2.36. The second-order valence-corrected chi connectivity index (χ2v) is 14.0. The van der Waals surface area contributed by atoms with Gasteiger partial charge in [-0.3, -0.25) is 9.69 Å². The fourth-order valence-electron chi connectivity index (χ4n) is 7.08. The van der Waals surface area contributed by atoms with Crippen LogP contribution in [0.1, 0.15) is 43.8 Å². The largest absolute Gasteiger partial charge is 0.497 e. The van der Waals surface area contributed by atoms with E-state index in [4.69, 9.17) is 4.74 Å². The zero-order valence-corrected chi connectivity index (χ0v) is 25.8. The quantitative estimate of drug-likeness (QED) is 0.415. The zero-order chi connectivity index (χ0) is 29.4. The average Bonchev–Trinajstić information content (AvgIpc) is 3.50. The normalized spacial score (nSPS) is 24.4. The number of likely N-dealkylation sites (N-methyl/N-ethyl adjacent to an activating group) is 1. The first-order valence-electron chi connectivity index (χ1n) is 15.2. The maximum absolute atomic E-state index is 14.1. The molecule has 2 aliphatic heterocycles. The molecule has 10 heteroatoms. The van der Waals surface area contributed by atoms with Gasteiger partial charge in [0.2, 0.25) is 15.9 Å². The lowest BCUT2D eigenvalue weighted by atomic mass is 9.88. The minimum absolute atomic E-state index is 0.00415. The SMILES string of the molecule is COc1ccc2cc(S(=O)(=O)N3CCn4cccc4C3CC(=O)N(C)[C@@H]3CCC[C@@H](N4CCN(C)CC4)C3)ccc2c1. The molecule has 0 spiro atoms. The zero-order valence-electron chi connectivity index (χ0n) is 25.0. The molecule has 3 heterocycles. The van der Waals surface area contributed by atoms with Crippen LogP contribution < -0.4 is 4.74 Å². The highest BCUT2D eigenvalue weighted by atomic mass is 32.2. The molecule has 1 aromatic heterocycles. The van der Waals surface area contributed by atoms with Gasteiger partial charge >= 0.3 is 0 Å². The van der Waals surface area contributed by atoms with Crippen molar-refractivity contribution in [2.75, 3.05) is 53.9 Å². The van der Waals surface area contributed by atoms with Crippen molar-refractivity contribution < 1.29 is 17.9 Å². The number of rotatable bonds is 7. The Morgan fingerprint density at radius 3 is 2.52 bits per heavy atom. The number of benzene rings is 2. The molecule has 1 saturated carbocycles. The van der Waals surface area contributed by atoms with Crippen molar-refractivity contribution in [2.45, 2.75) is 61.7 Å². The van der Waals surface area contributed by atoms with Crippen molar-refractivity contribution in [2.24, 2.45) is 0 Å². The number of methoxy groups -OCH3 is 1. The molecule has 1 aliphatic carbocycles. The third-order valence-corrected chi connectivity index (χ3v) is 11.6. The molecule has 3 aromatic rings. The van der Waals surface area contributed by atoms with Crippen LogP contribution in [0.2, 0.25) is 0 Å². The topological polar surface area (TPSA) is 78.3 Å². The molecule has 226 valence electrons. The Kier molecular flexibility index (Phi) is 8.33. The molecule has 3 aliphatic rings. The second-order valence-electron chi connectivity index (χ2n) is 12.2. The van der Waals surface area contributed by atoms with Crippen LogP contribution in [0.25, 0.3) is 10.8 Å². The molecule has 0 N–H and O–H groups in total. The van der Waals surface area contributed by atoms with Crippen LogP contribution in [0.3, 0.4) is 0 Å². The lowest BCUT2D eigenvalue weighted by Gasteiger charge is -2.44. The highest BCUT2D eigenvalue weighted by molar-refractivity contribution is 7.89. The van der Waals surface area contributed by atoms with Gasteiger partial charge in [-0.25, -0.2) is 8.42 Å². The Morgan fingerprint density at radius 2 is 1.74 bits per heavy atom. The van der Waals surface area contributed by atoms with Crippen LogP contribution in [0.4, 0.5) is 0 Å². The lowest BCUT2D eigenvalue weighted by Crippen LogP contribution is -2.53. The smallest absolute Gasteiger partial charge is 0.243 e. The van der Waals surface area contributed by atoms with Crippen molar-refractivity contribution in [1.29, 1.82) is 0 Å². The Hall–Kier alpha value is -2.92. The van der Waals surface area contributed by atoms with E-state index in [0.29, 0.717) is 19.1 Å². The van der Waals surface area contributed by atoms with E-state index in [1.807, 2.05) is 54.5 Å². The molecule has 1 saturated heterocycles. The predicted molar refractivity (Wildman–Crippen MR) is 164 cm³/mol. The van der Waals surface area contributed by atoms with Gasteiger partial charge in [0.25, 0.3) is 0 Å². The van der Waals surface area contributed by atoms with Gasteiger partial charge in [-0.05, 0) is 79.9 Å². The van der Waals surface area contributed by atoms with E-state index in [0.717, 1.165) is 67.7 Å². The van der Waals surface area contributed by atoms with E-state index < -0.39 is 16.1 Å². The summed E-state index contributed by atoms with van der Waals surface area (Å²) in [5, 5.41) is 1.74. The summed E-state index contributed by atoms with van der Waals surface area (Å²) in [5.74, 6) is 0.731. The molecule has 42 heavy (non-hydrogen) atoms. The van der Waals surface area contributed by atoms with Gasteiger partial charge in [0.1, 0.15) is 5.75 Å². The molecular weight excluding hydrogens is 550 g/mol. The second kappa shape index (κ2) is 12.0. The molecule has 9 nitrogen and oxygen atoms in total. The number of fused-ring (bicyclic) bond motifs is 2. The number of amides is 1. The number of carbonyl (C=O) groups is 1. The van der Waals surface area contributed by atoms with E-state index in [-0.39, 0.29) is 23.3 Å². The van der Waals surface area contributed by atoms with Crippen molar-refractivity contribution in [3.05, 3.63) is 60.4 Å². The molecule has 6 rings (SSSR count). The summed E-state index contributed by atoms with van der Waals surface area (Å²) < 4.78 is 37.3. The molecule has 0 bridgehead atoms. The third-order valence-electron chi connectivity index (χ3n) is 9.72. The Morgan fingerprint density at radius 1 is 0.976 bits per heavy atom. The first-order valence-corrected chi connectivity index (χ1v) is 16.6. The molecule has 2 fully saturated rings. The summed E-state index contributed by atoms with van der Waals surface area (Å²) in [6.07, 6.45) is 6.38. The van der Waals surface area contributed by atoms with E-state index in [9.17, 15) is 13.2 Å². The summed E-state index contributed by atoms with van der Waals surface area (Å²) in [6.45, 7) is 5.23. The molecule has 3 atom stereocenters. The number of aromatic nitrogens is 1. The Balaban J connectivity index is 1.21. The lowest BCUT2D eigenvalue weighted by molar-refractivity contribution is -0.134. The van der Waals surface area contributed by atoms with E-state index in [1.165, 1.54) is 6.42 Å². The minimum Gasteiger partial charge on any atom is -0.497 e. The number of carbonyl (C=O) groups excluding carboxylic acids is 1. The van der Waals surface area contributed by atoms with E-state index in [2.05, 4.69) is 21.4 Å². The number of piperazine rings is 1. The number of nitrogens with zero attached hydrogens (tertiary/aromatic N) is 5.